The number of aromatic nitrogens is 4. The van der Waals surface area contributed by atoms with E-state index in [1.165, 1.54) is 12.1 Å². The molecular weight excluding hydrogens is 489 g/mol. The van der Waals surface area contributed by atoms with Gasteiger partial charge in [0.1, 0.15) is 11.5 Å². The van der Waals surface area contributed by atoms with E-state index in [-0.39, 0.29) is 5.91 Å². The normalized spacial score (nSPS) is 11.1. The number of para-hydroxylation sites is 1. The number of carbonyl (C=O) groups excluding carboxylic acids is 1. The first-order valence-electron chi connectivity index (χ1n) is 11.8. The van der Waals surface area contributed by atoms with Crippen molar-refractivity contribution < 1.29 is 9.18 Å². The van der Waals surface area contributed by atoms with Gasteiger partial charge in [0.05, 0.1) is 40.6 Å². The van der Waals surface area contributed by atoms with E-state index >= 15 is 0 Å². The van der Waals surface area contributed by atoms with E-state index in [0.29, 0.717) is 34.2 Å². The highest BCUT2D eigenvalue weighted by atomic mass is 35.5. The van der Waals surface area contributed by atoms with Gasteiger partial charge in [-0.3, -0.25) is 9.48 Å². The fourth-order valence-electron chi connectivity index (χ4n) is 4.41. The van der Waals surface area contributed by atoms with Crippen molar-refractivity contribution >= 4 is 23.2 Å². The lowest BCUT2D eigenvalue weighted by atomic mass is 10.1. The minimum absolute atomic E-state index is 0.274. The van der Waals surface area contributed by atoms with E-state index in [1.54, 1.807) is 15.4 Å². The van der Waals surface area contributed by atoms with Gasteiger partial charge in [-0.25, -0.2) is 9.07 Å². The fraction of sp³-hybridized carbons (Fsp3) is 0.138. The second-order valence-electron chi connectivity index (χ2n) is 8.82. The summed E-state index contributed by atoms with van der Waals surface area (Å²) >= 11 is 6.23. The summed E-state index contributed by atoms with van der Waals surface area (Å²) in [7, 11) is 0. The summed E-state index contributed by atoms with van der Waals surface area (Å²) in [6, 6.07) is 23.7. The predicted molar refractivity (Wildman–Crippen MR) is 144 cm³/mol. The zero-order valence-electron chi connectivity index (χ0n) is 20.7. The molecule has 6 nitrogen and oxygen atoms in total. The third kappa shape index (κ3) is 4.78. The van der Waals surface area contributed by atoms with E-state index in [9.17, 15) is 9.18 Å². The van der Waals surface area contributed by atoms with E-state index in [2.05, 4.69) is 10.4 Å². The molecule has 0 unspecified atom stereocenters. The van der Waals surface area contributed by atoms with Crippen molar-refractivity contribution in [3.05, 3.63) is 118 Å². The van der Waals surface area contributed by atoms with Crippen LogP contribution < -0.4 is 5.32 Å². The highest BCUT2D eigenvalue weighted by molar-refractivity contribution is 6.31. The highest BCUT2D eigenvalue weighted by Crippen LogP contribution is 2.30. The van der Waals surface area contributed by atoms with Crippen molar-refractivity contribution in [3.8, 4) is 16.9 Å². The zero-order chi connectivity index (χ0) is 26.1. The Morgan fingerprint density at radius 2 is 1.59 bits per heavy atom. The summed E-state index contributed by atoms with van der Waals surface area (Å²) in [5, 5.41) is 12.8. The van der Waals surface area contributed by atoms with Crippen LogP contribution in [0.1, 0.15) is 33.0 Å². The SMILES string of the molecule is Cc1nn(Cc2ccc(F)cc2Cl)c(C)c1NC(=O)c1c(-c2ccccc2)nn(-c2ccccc2)c1C. The minimum atomic E-state index is -0.393. The van der Waals surface area contributed by atoms with Gasteiger partial charge in [-0.05, 0) is 50.6 Å². The Kier molecular flexibility index (Phi) is 6.63. The Morgan fingerprint density at radius 3 is 2.27 bits per heavy atom. The molecule has 1 N–H and O–H groups in total. The molecule has 3 aromatic carbocycles. The van der Waals surface area contributed by atoms with Crippen LogP contribution in [0.5, 0.6) is 0 Å². The van der Waals surface area contributed by atoms with E-state index in [1.807, 2.05) is 81.4 Å². The molecule has 0 atom stereocenters. The largest absolute Gasteiger partial charge is 0.319 e. The van der Waals surface area contributed by atoms with Crippen molar-refractivity contribution in [2.24, 2.45) is 0 Å². The molecule has 8 heteroatoms. The van der Waals surface area contributed by atoms with Gasteiger partial charge in [0.25, 0.3) is 5.91 Å². The van der Waals surface area contributed by atoms with Gasteiger partial charge in [0.15, 0.2) is 0 Å². The molecule has 5 rings (SSSR count). The molecule has 2 aromatic heterocycles. The second kappa shape index (κ2) is 10.0. The molecule has 0 radical (unpaired) electrons. The maximum atomic E-state index is 13.8. The van der Waals surface area contributed by atoms with Gasteiger partial charge in [-0.2, -0.15) is 10.2 Å². The first-order valence-corrected chi connectivity index (χ1v) is 12.2. The van der Waals surface area contributed by atoms with Gasteiger partial charge in [-0.15, -0.1) is 0 Å². The van der Waals surface area contributed by atoms with Crippen LogP contribution in [0, 0.1) is 26.6 Å². The highest BCUT2D eigenvalue weighted by Gasteiger charge is 2.25. The molecule has 0 spiro atoms. The van der Waals surface area contributed by atoms with Crippen molar-refractivity contribution in [1.82, 2.24) is 19.6 Å². The molecule has 0 aliphatic carbocycles. The summed E-state index contributed by atoms with van der Waals surface area (Å²) in [6.45, 7) is 5.96. The van der Waals surface area contributed by atoms with Crippen LogP contribution in [-0.2, 0) is 6.54 Å². The Morgan fingerprint density at radius 1 is 0.919 bits per heavy atom. The number of aryl methyl sites for hydroxylation is 1. The fourth-order valence-corrected chi connectivity index (χ4v) is 4.64. The molecule has 0 aliphatic heterocycles. The maximum absolute atomic E-state index is 13.8. The van der Waals surface area contributed by atoms with Gasteiger partial charge in [0.2, 0.25) is 0 Å². The van der Waals surface area contributed by atoms with Gasteiger partial charge in [-0.1, -0.05) is 66.2 Å². The van der Waals surface area contributed by atoms with Crippen molar-refractivity contribution in [2.75, 3.05) is 5.32 Å². The standard InChI is InChI=1S/C29H25ClFN5O/c1-18-27(20(3)35(33-18)17-22-14-15-23(31)16-25(22)30)32-29(37)26-19(2)36(24-12-8-5-9-13-24)34-28(26)21-10-6-4-7-11-21/h4-16H,17H2,1-3H3,(H,32,37). The van der Waals surface area contributed by atoms with E-state index < -0.39 is 5.82 Å². The lowest BCUT2D eigenvalue weighted by Gasteiger charge is -2.09. The summed E-state index contributed by atoms with van der Waals surface area (Å²) in [5.74, 6) is -0.667. The van der Waals surface area contributed by atoms with Crippen molar-refractivity contribution in [3.63, 3.8) is 0 Å². The number of halogens is 2. The lowest BCUT2D eigenvalue weighted by Crippen LogP contribution is -2.15. The molecular formula is C29H25ClFN5O. The monoisotopic (exact) mass is 513 g/mol. The van der Waals surface area contributed by atoms with Crippen LogP contribution in [0.15, 0.2) is 78.9 Å². The molecule has 2 heterocycles. The number of hydrogen-bond acceptors (Lipinski definition) is 3. The zero-order valence-corrected chi connectivity index (χ0v) is 21.4. The lowest BCUT2D eigenvalue weighted by molar-refractivity contribution is 0.102. The Bertz CT molecular complexity index is 1590. The number of benzene rings is 3. The van der Waals surface area contributed by atoms with Crippen LogP contribution in [0.2, 0.25) is 5.02 Å². The Labute approximate surface area is 219 Å². The van der Waals surface area contributed by atoms with Crippen LogP contribution in [0.4, 0.5) is 10.1 Å². The van der Waals surface area contributed by atoms with Gasteiger partial charge < -0.3 is 5.32 Å². The van der Waals surface area contributed by atoms with Gasteiger partial charge >= 0.3 is 0 Å². The average Bonchev–Trinajstić information content (AvgIpc) is 3.38. The molecule has 37 heavy (non-hydrogen) atoms. The van der Waals surface area contributed by atoms with Crippen molar-refractivity contribution in [1.29, 1.82) is 0 Å². The third-order valence-corrected chi connectivity index (χ3v) is 6.70. The van der Waals surface area contributed by atoms with Crippen LogP contribution in [-0.4, -0.2) is 25.5 Å². The third-order valence-electron chi connectivity index (χ3n) is 6.35. The number of carbonyl (C=O) groups is 1. The smallest absolute Gasteiger partial charge is 0.259 e. The molecule has 0 saturated heterocycles. The average molecular weight is 514 g/mol. The molecule has 5 aromatic rings. The van der Waals surface area contributed by atoms with Crippen LogP contribution >= 0.6 is 11.6 Å². The number of nitrogens with one attached hydrogen (secondary N) is 1. The number of nitrogens with zero attached hydrogens (tertiary/aromatic N) is 4. The molecule has 0 saturated carbocycles. The second-order valence-corrected chi connectivity index (χ2v) is 9.22. The number of anilines is 1. The molecule has 0 aliphatic rings. The minimum Gasteiger partial charge on any atom is -0.319 e. The van der Waals surface area contributed by atoms with E-state index in [0.717, 1.165) is 28.2 Å². The Hall–Kier alpha value is -4.23. The summed E-state index contributed by atoms with van der Waals surface area (Å²) < 4.78 is 17.0. The topological polar surface area (TPSA) is 64.7 Å². The molecule has 0 fully saturated rings. The number of amides is 1. The first kappa shape index (κ1) is 24.5. The molecule has 1 amide bonds. The Balaban J connectivity index is 1.52. The first-order chi connectivity index (χ1) is 17.8. The molecule has 0 bridgehead atoms. The van der Waals surface area contributed by atoms with Gasteiger partial charge in [0, 0.05) is 10.6 Å². The summed E-state index contributed by atoms with van der Waals surface area (Å²) in [5.41, 5.74) is 6.31. The number of hydrogen-bond donors (Lipinski definition) is 1. The summed E-state index contributed by atoms with van der Waals surface area (Å²) in [4.78, 5) is 13.8. The maximum Gasteiger partial charge on any atom is 0.259 e. The van der Waals surface area contributed by atoms with Crippen molar-refractivity contribution in [2.45, 2.75) is 27.3 Å². The quantitative estimate of drug-likeness (QED) is 0.273. The van der Waals surface area contributed by atoms with Crippen LogP contribution in [0.25, 0.3) is 16.9 Å². The molecule has 186 valence electrons. The van der Waals surface area contributed by atoms with Crippen LogP contribution in [0.3, 0.4) is 0 Å². The number of rotatable bonds is 6. The predicted octanol–water partition coefficient (Wildman–Crippen LogP) is 6.75. The van der Waals surface area contributed by atoms with E-state index in [4.69, 9.17) is 16.7 Å². The summed E-state index contributed by atoms with van der Waals surface area (Å²) in [6.07, 6.45) is 0.